The third kappa shape index (κ3) is 2.37. The Morgan fingerprint density at radius 3 is 2.57 bits per heavy atom. The third-order valence-corrected chi connectivity index (χ3v) is 14.5. The van der Waals surface area contributed by atoms with Crippen molar-refractivity contribution in [3.05, 3.63) is 0 Å². The molecule has 0 aromatic carbocycles. The van der Waals surface area contributed by atoms with Gasteiger partial charge in [-0.05, 0) is 0 Å². The molecule has 28 heavy (non-hydrogen) atoms. The van der Waals surface area contributed by atoms with Crippen LogP contribution in [0.25, 0.3) is 0 Å². The summed E-state index contributed by atoms with van der Waals surface area (Å²) >= 11 is 0.847. The van der Waals surface area contributed by atoms with E-state index in [0.29, 0.717) is 6.42 Å². The summed E-state index contributed by atoms with van der Waals surface area (Å²) in [6.07, 6.45) is 3.61. The number of halogens is 2. The molecule has 3 aliphatic carbocycles. The van der Waals surface area contributed by atoms with E-state index in [1.807, 2.05) is 6.92 Å². The number of carbonyl (C=O) groups is 3. The van der Waals surface area contributed by atoms with Crippen LogP contribution in [0.1, 0.15) is 39.0 Å². The second kappa shape index (κ2) is 5.94. The number of hydrogen-bond donors (Lipinski definition) is 2. The van der Waals surface area contributed by atoms with E-state index in [9.17, 15) is 14.4 Å². The number of ether oxygens (including phenoxy) is 3. The zero-order valence-electron chi connectivity index (χ0n) is 15.3. The van der Waals surface area contributed by atoms with Crippen molar-refractivity contribution in [2.75, 3.05) is 0 Å². The molecule has 3 saturated carbocycles. The average Bonchev–Trinajstić information content (AvgIpc) is 3.22. The Morgan fingerprint density at radius 2 is 1.93 bits per heavy atom. The van der Waals surface area contributed by atoms with Crippen LogP contribution < -0.4 is 7.06 Å². The molecular formula is C18H22I2N2O6. The SMILES string of the molecule is CC(I)(C(=O)OC1C2CC3C1OC(=O)C3C2C(=O)OC1CCCC1)C12NI1N2. The molecule has 7 atom stereocenters. The van der Waals surface area contributed by atoms with Crippen LogP contribution in [0.2, 0.25) is 0 Å². The topological polar surface area (TPSA) is 123 Å². The molecule has 8 nitrogen and oxygen atoms in total. The second-order valence-corrected chi connectivity index (χ2v) is 15.3. The van der Waals surface area contributed by atoms with Crippen molar-refractivity contribution in [2.45, 2.75) is 64.4 Å². The summed E-state index contributed by atoms with van der Waals surface area (Å²) in [5.74, 6) is -2.16. The summed E-state index contributed by atoms with van der Waals surface area (Å²) < 4.78 is 23.1. The molecule has 6 rings (SSSR count). The quantitative estimate of drug-likeness (QED) is 0.0909. The number of alkyl halides is 2. The van der Waals surface area contributed by atoms with Crippen LogP contribution in [0.15, 0.2) is 0 Å². The minimum atomic E-state index is -1.31. The molecule has 6 aliphatic rings. The van der Waals surface area contributed by atoms with Crippen LogP contribution in [0.3, 0.4) is 0 Å². The molecule has 6 fully saturated rings. The van der Waals surface area contributed by atoms with Crippen molar-refractivity contribution >= 4 is 60.9 Å². The van der Waals surface area contributed by atoms with Gasteiger partial charge in [-0.2, -0.15) is 0 Å². The predicted octanol–water partition coefficient (Wildman–Crippen LogP) is 1.58. The van der Waals surface area contributed by atoms with Gasteiger partial charge in [0.1, 0.15) is 0 Å². The molecule has 0 spiro atoms. The monoisotopic (exact) mass is 616 g/mol. The van der Waals surface area contributed by atoms with Gasteiger partial charge >= 0.3 is 185 Å². The molecule has 0 amide bonds. The zero-order valence-corrected chi connectivity index (χ0v) is 19.6. The van der Waals surface area contributed by atoms with Crippen molar-refractivity contribution in [1.29, 1.82) is 0 Å². The van der Waals surface area contributed by atoms with Crippen LogP contribution in [0.4, 0.5) is 0 Å². The van der Waals surface area contributed by atoms with Crippen LogP contribution in [-0.4, -0.2) is 43.3 Å². The maximum absolute atomic E-state index is 13.0. The van der Waals surface area contributed by atoms with Gasteiger partial charge in [0.2, 0.25) is 0 Å². The molecular weight excluding hydrogens is 594 g/mol. The van der Waals surface area contributed by atoms with Crippen molar-refractivity contribution in [3.8, 4) is 0 Å². The standard InChI is InChI=1S/C18H22I2N2O6/c1-17(19,18-20(21-18)22-18)16(25)28-13-9-6-8-11(15(24)27-12(8)13)10(9)14(23)26-7-4-2-3-5-7/h7-13,21-22H,2-6H2,1H3. The minimum absolute atomic E-state index is 0.0398. The first-order chi connectivity index (χ1) is 13.3. The Bertz CT molecular complexity index is 778. The van der Waals surface area contributed by atoms with E-state index in [-0.39, 0.29) is 39.5 Å². The molecule has 3 heterocycles. The normalized spacial score (nSPS) is 44.6. The third-order valence-electron chi connectivity index (χ3n) is 7.34. The number of hydrogen-bond acceptors (Lipinski definition) is 8. The van der Waals surface area contributed by atoms with E-state index >= 15 is 0 Å². The van der Waals surface area contributed by atoms with E-state index < -0.39 is 47.8 Å². The summed E-state index contributed by atoms with van der Waals surface area (Å²) in [5, 5.41) is 0. The van der Waals surface area contributed by atoms with Gasteiger partial charge in [-0.15, -0.1) is 0 Å². The number of esters is 3. The van der Waals surface area contributed by atoms with E-state index in [1.165, 1.54) is 0 Å². The predicted molar refractivity (Wildman–Crippen MR) is 112 cm³/mol. The Labute approximate surface area is 183 Å². The van der Waals surface area contributed by atoms with Gasteiger partial charge < -0.3 is 0 Å². The Kier molecular flexibility index (Phi) is 3.93. The Balaban J connectivity index is 1.22. The number of fused-ring (bicyclic) bond motifs is 2. The fourth-order valence-corrected chi connectivity index (χ4v) is 13.4. The molecule has 0 aromatic rings. The van der Waals surface area contributed by atoms with Gasteiger partial charge in [-0.3, -0.25) is 0 Å². The molecule has 2 bridgehead atoms. The second-order valence-electron chi connectivity index (χ2n) is 8.86. The van der Waals surface area contributed by atoms with Crippen LogP contribution in [-0.2, 0) is 28.6 Å². The first kappa shape index (κ1) is 18.6. The van der Waals surface area contributed by atoms with E-state index in [4.69, 9.17) is 14.2 Å². The van der Waals surface area contributed by atoms with Crippen molar-refractivity contribution in [3.63, 3.8) is 0 Å². The fourth-order valence-electron chi connectivity index (χ4n) is 5.67. The summed E-state index contributed by atoms with van der Waals surface area (Å²) in [5.41, 5.74) is 0. The molecule has 2 N–H and O–H groups in total. The van der Waals surface area contributed by atoms with Crippen LogP contribution >= 0.6 is 43.0 Å². The van der Waals surface area contributed by atoms with Crippen LogP contribution in [0, 0.1) is 23.7 Å². The Hall–Kier alpha value is -0.210. The van der Waals surface area contributed by atoms with E-state index in [0.717, 1.165) is 25.7 Å². The number of nitrogens with one attached hydrogen (secondary N) is 2. The van der Waals surface area contributed by atoms with Crippen molar-refractivity contribution < 1.29 is 28.6 Å². The van der Waals surface area contributed by atoms with Gasteiger partial charge in [0.25, 0.3) is 0 Å². The van der Waals surface area contributed by atoms with Gasteiger partial charge in [0.15, 0.2) is 0 Å². The molecule has 0 radical (unpaired) electrons. The molecule has 7 unspecified atom stereocenters. The summed E-state index contributed by atoms with van der Waals surface area (Å²) in [4.78, 5) is 38.4. The summed E-state index contributed by atoms with van der Waals surface area (Å²) in [6.45, 7) is 1.88. The van der Waals surface area contributed by atoms with Gasteiger partial charge in [-0.25, -0.2) is 0 Å². The average molecular weight is 616 g/mol. The fraction of sp³-hybridized carbons (Fsp3) is 0.833. The zero-order chi connectivity index (χ0) is 19.4. The summed E-state index contributed by atoms with van der Waals surface area (Å²) in [6, 6.07) is 0. The number of carbonyl (C=O) groups excluding carboxylic acids is 3. The molecule has 0 aromatic heterocycles. The molecule has 154 valence electrons. The Morgan fingerprint density at radius 1 is 1.25 bits per heavy atom. The molecule has 3 aliphatic heterocycles. The maximum atomic E-state index is 13.0. The summed E-state index contributed by atoms with van der Waals surface area (Å²) in [7, 11) is 0. The first-order valence-electron chi connectivity index (χ1n) is 9.90. The van der Waals surface area contributed by atoms with Gasteiger partial charge in [0, 0.05) is 0 Å². The molecule has 10 heteroatoms. The first-order valence-corrected chi connectivity index (χ1v) is 14.2. The van der Waals surface area contributed by atoms with Gasteiger partial charge in [0.05, 0.1) is 0 Å². The van der Waals surface area contributed by atoms with Gasteiger partial charge in [-0.1, -0.05) is 0 Å². The van der Waals surface area contributed by atoms with Crippen molar-refractivity contribution in [2.24, 2.45) is 23.7 Å². The van der Waals surface area contributed by atoms with E-state index in [1.54, 1.807) is 0 Å². The van der Waals surface area contributed by atoms with Crippen molar-refractivity contribution in [1.82, 2.24) is 7.06 Å². The number of rotatable bonds is 5. The molecule has 3 saturated heterocycles. The van der Waals surface area contributed by atoms with Crippen LogP contribution in [0.5, 0.6) is 0 Å². The van der Waals surface area contributed by atoms with E-state index in [2.05, 4.69) is 29.7 Å².